The molecule has 1 atom stereocenters. The quantitative estimate of drug-likeness (QED) is 0.257. The van der Waals surface area contributed by atoms with E-state index < -0.39 is 23.9 Å². The molecule has 21 heavy (non-hydrogen) atoms. The molecule has 8 heteroatoms. The first kappa shape index (κ1) is 17.0. The molecule has 0 fully saturated rings. The van der Waals surface area contributed by atoms with Gasteiger partial charge in [0.1, 0.15) is 0 Å². The number of halogens is 1. The molecule has 0 bridgehead atoms. The van der Waals surface area contributed by atoms with Crippen LogP contribution in [0.1, 0.15) is 18.0 Å². The van der Waals surface area contributed by atoms with E-state index in [1.165, 1.54) is 14.2 Å². The number of esters is 2. The maximum atomic E-state index is 11.7. The van der Waals surface area contributed by atoms with Crippen LogP contribution < -0.4 is 0 Å². The molecule has 0 saturated heterocycles. The molecule has 0 saturated carbocycles. The van der Waals surface area contributed by atoms with Gasteiger partial charge < -0.3 is 9.47 Å². The summed E-state index contributed by atoms with van der Waals surface area (Å²) in [4.78, 5) is 26.1. The number of rotatable bonds is 6. The molecular weight excluding hydrogens is 342 g/mol. The Bertz CT molecular complexity index is 539. The third kappa shape index (κ3) is 4.77. The van der Waals surface area contributed by atoms with Crippen LogP contribution >= 0.6 is 15.9 Å². The van der Waals surface area contributed by atoms with Gasteiger partial charge in [-0.1, -0.05) is 33.2 Å². The average molecular weight is 356 g/mol. The predicted octanol–water partition coefficient (Wildman–Crippen LogP) is 3.15. The first-order valence-corrected chi connectivity index (χ1v) is 6.78. The van der Waals surface area contributed by atoms with Crippen LogP contribution in [0.3, 0.4) is 0 Å². The summed E-state index contributed by atoms with van der Waals surface area (Å²) in [6.45, 7) is 0. The lowest BCUT2D eigenvalue weighted by Gasteiger charge is -2.17. The molecule has 0 radical (unpaired) electrons. The number of ether oxygens (including phenoxy) is 2. The van der Waals surface area contributed by atoms with Crippen molar-refractivity contribution in [2.75, 3.05) is 14.2 Å². The van der Waals surface area contributed by atoms with Gasteiger partial charge in [0.15, 0.2) is 5.92 Å². The summed E-state index contributed by atoms with van der Waals surface area (Å²) in [5.74, 6) is -2.59. The van der Waals surface area contributed by atoms with Crippen molar-refractivity contribution in [3.63, 3.8) is 0 Å². The minimum atomic E-state index is -1.14. The average Bonchev–Trinajstić information content (AvgIpc) is 2.50. The molecule has 7 nitrogen and oxygen atoms in total. The van der Waals surface area contributed by atoms with Crippen molar-refractivity contribution in [1.82, 2.24) is 0 Å². The van der Waals surface area contributed by atoms with Crippen molar-refractivity contribution < 1.29 is 19.1 Å². The van der Waals surface area contributed by atoms with Gasteiger partial charge in [0, 0.05) is 9.38 Å². The van der Waals surface area contributed by atoms with Gasteiger partial charge in [-0.15, -0.1) is 0 Å². The largest absolute Gasteiger partial charge is 0.468 e. The van der Waals surface area contributed by atoms with Crippen LogP contribution in [0.2, 0.25) is 0 Å². The van der Waals surface area contributed by atoms with Gasteiger partial charge in [0.2, 0.25) is 0 Å². The number of benzene rings is 1. The lowest BCUT2D eigenvalue weighted by atomic mass is 9.95. The number of carbonyl (C=O) groups excluding carboxylic acids is 2. The second kappa shape index (κ2) is 8.28. The van der Waals surface area contributed by atoms with Crippen LogP contribution in [0.25, 0.3) is 10.4 Å². The first-order chi connectivity index (χ1) is 10.0. The van der Waals surface area contributed by atoms with Crippen molar-refractivity contribution in [2.45, 2.75) is 12.5 Å². The third-order valence-electron chi connectivity index (χ3n) is 2.88. The Morgan fingerprint density at radius 3 is 2.19 bits per heavy atom. The van der Waals surface area contributed by atoms with Crippen LogP contribution in [0.15, 0.2) is 33.9 Å². The Balaban J connectivity index is 3.04. The molecule has 0 spiro atoms. The lowest BCUT2D eigenvalue weighted by molar-refractivity contribution is -0.159. The molecule has 0 N–H and O–H groups in total. The number of carbonyl (C=O) groups is 2. The maximum Gasteiger partial charge on any atom is 0.320 e. The Morgan fingerprint density at radius 2 is 1.76 bits per heavy atom. The summed E-state index contributed by atoms with van der Waals surface area (Å²) < 4.78 is 10.0. The van der Waals surface area contributed by atoms with E-state index in [1.807, 2.05) is 0 Å². The summed E-state index contributed by atoms with van der Waals surface area (Å²) in [6, 6.07) is 6.37. The van der Waals surface area contributed by atoms with Gasteiger partial charge in [-0.2, -0.15) is 0 Å². The molecule has 1 aromatic carbocycles. The molecule has 1 unspecified atom stereocenters. The number of hydrogen-bond donors (Lipinski definition) is 0. The fraction of sp³-hybridized carbons (Fsp3) is 0.385. The first-order valence-electron chi connectivity index (χ1n) is 5.98. The zero-order chi connectivity index (χ0) is 15.8. The van der Waals surface area contributed by atoms with Crippen molar-refractivity contribution >= 4 is 27.9 Å². The molecule has 0 aliphatic heterocycles. The third-order valence-corrected chi connectivity index (χ3v) is 3.40. The zero-order valence-corrected chi connectivity index (χ0v) is 13.1. The number of methoxy groups -OCH3 is 2. The number of nitrogens with zero attached hydrogens (tertiary/aromatic N) is 3. The van der Waals surface area contributed by atoms with Crippen LogP contribution in [-0.4, -0.2) is 26.2 Å². The van der Waals surface area contributed by atoms with Crippen LogP contribution in [0.4, 0.5) is 0 Å². The molecule has 0 aromatic heterocycles. The van der Waals surface area contributed by atoms with E-state index in [2.05, 4.69) is 35.4 Å². The predicted molar refractivity (Wildman–Crippen MR) is 78.2 cm³/mol. The minimum Gasteiger partial charge on any atom is -0.468 e. The van der Waals surface area contributed by atoms with Crippen LogP contribution in [-0.2, 0) is 19.1 Å². The minimum absolute atomic E-state index is 0.0228. The fourth-order valence-electron chi connectivity index (χ4n) is 1.79. The van der Waals surface area contributed by atoms with Gasteiger partial charge in [0.05, 0.1) is 20.3 Å². The Labute approximate surface area is 130 Å². The maximum absolute atomic E-state index is 11.7. The van der Waals surface area contributed by atoms with Crippen molar-refractivity contribution in [2.24, 2.45) is 11.0 Å². The molecule has 1 aromatic rings. The molecule has 0 amide bonds. The highest BCUT2D eigenvalue weighted by Gasteiger charge is 2.31. The standard InChI is InChI=1S/C13H14BrN3O4/c1-20-12(18)10(13(19)21-2)7-11(16-17-15)8-3-5-9(14)6-4-8/h3-6,10-11H,7H2,1-2H3. The van der Waals surface area contributed by atoms with Gasteiger partial charge in [-0.05, 0) is 29.6 Å². The summed E-state index contributed by atoms with van der Waals surface area (Å²) >= 11 is 3.30. The van der Waals surface area contributed by atoms with Crippen molar-refractivity contribution in [1.29, 1.82) is 0 Å². The molecule has 0 aliphatic rings. The molecular formula is C13H14BrN3O4. The van der Waals surface area contributed by atoms with E-state index in [0.717, 1.165) is 4.47 Å². The normalized spacial score (nSPS) is 11.4. The highest BCUT2D eigenvalue weighted by Crippen LogP contribution is 2.28. The summed E-state index contributed by atoms with van der Waals surface area (Å²) in [7, 11) is 2.36. The van der Waals surface area contributed by atoms with Gasteiger partial charge in [0.25, 0.3) is 0 Å². The van der Waals surface area contributed by atoms with Gasteiger partial charge in [-0.25, -0.2) is 0 Å². The number of azide groups is 1. The SMILES string of the molecule is COC(=O)C(CC(N=[N+]=[N-])c1ccc(Br)cc1)C(=O)OC. The fourth-order valence-corrected chi connectivity index (χ4v) is 2.06. The zero-order valence-electron chi connectivity index (χ0n) is 11.5. The van der Waals surface area contributed by atoms with Gasteiger partial charge in [-0.3, -0.25) is 9.59 Å². The highest BCUT2D eigenvalue weighted by atomic mass is 79.9. The second-order valence-electron chi connectivity index (χ2n) is 4.11. The smallest absolute Gasteiger partial charge is 0.320 e. The monoisotopic (exact) mass is 355 g/mol. The van der Waals surface area contributed by atoms with E-state index in [0.29, 0.717) is 5.56 Å². The summed E-state index contributed by atoms with van der Waals surface area (Å²) in [5.41, 5.74) is 9.36. The van der Waals surface area contributed by atoms with Crippen molar-refractivity contribution in [3.05, 3.63) is 44.7 Å². The van der Waals surface area contributed by atoms with E-state index >= 15 is 0 Å². The second-order valence-corrected chi connectivity index (χ2v) is 5.02. The van der Waals surface area contributed by atoms with Gasteiger partial charge >= 0.3 is 11.9 Å². The lowest BCUT2D eigenvalue weighted by Crippen LogP contribution is -2.28. The highest BCUT2D eigenvalue weighted by molar-refractivity contribution is 9.10. The van der Waals surface area contributed by atoms with Crippen molar-refractivity contribution in [3.8, 4) is 0 Å². The Kier molecular flexibility index (Phi) is 6.71. The van der Waals surface area contributed by atoms with Crippen LogP contribution in [0, 0.1) is 5.92 Å². The van der Waals surface area contributed by atoms with E-state index in [-0.39, 0.29) is 6.42 Å². The van der Waals surface area contributed by atoms with E-state index in [1.54, 1.807) is 24.3 Å². The molecule has 112 valence electrons. The van der Waals surface area contributed by atoms with E-state index in [9.17, 15) is 9.59 Å². The molecule has 1 rings (SSSR count). The summed E-state index contributed by atoms with van der Waals surface area (Å²) in [6.07, 6.45) is -0.0228. The van der Waals surface area contributed by atoms with Crippen LogP contribution in [0.5, 0.6) is 0 Å². The molecule has 0 aliphatic carbocycles. The number of hydrogen-bond acceptors (Lipinski definition) is 5. The topological polar surface area (TPSA) is 101 Å². The van der Waals surface area contributed by atoms with E-state index in [4.69, 9.17) is 5.53 Å². The Hall–Kier alpha value is -2.05. The Morgan fingerprint density at radius 1 is 1.24 bits per heavy atom. The summed E-state index contributed by atoms with van der Waals surface area (Å²) in [5, 5.41) is 3.65. The molecule has 0 heterocycles.